The summed E-state index contributed by atoms with van der Waals surface area (Å²) >= 11 is 0. The first-order chi connectivity index (χ1) is 13.5. The summed E-state index contributed by atoms with van der Waals surface area (Å²) in [5.41, 5.74) is 5.52. The average Bonchev–Trinajstić information content (AvgIpc) is 3.11. The molecule has 2 aromatic heterocycles. The molecule has 0 radical (unpaired) electrons. The highest BCUT2D eigenvalue weighted by atomic mass is 16.5. The highest BCUT2D eigenvalue weighted by Crippen LogP contribution is 2.33. The van der Waals surface area contributed by atoms with Gasteiger partial charge in [0.05, 0.1) is 5.56 Å². The molecule has 28 heavy (non-hydrogen) atoms. The lowest BCUT2D eigenvalue weighted by atomic mass is 9.86. The molecule has 1 aliphatic rings. The first-order valence-corrected chi connectivity index (χ1v) is 9.59. The van der Waals surface area contributed by atoms with Gasteiger partial charge in [0.1, 0.15) is 5.65 Å². The van der Waals surface area contributed by atoms with E-state index in [2.05, 4.69) is 47.2 Å². The number of H-pyrrole nitrogens is 1. The molecule has 0 unspecified atom stereocenters. The number of carbonyl (C=O) groups is 1. The number of hydrogen-bond acceptors (Lipinski definition) is 4. The Kier molecular flexibility index (Phi) is 5.15. The van der Waals surface area contributed by atoms with Gasteiger partial charge in [-0.3, -0.25) is 0 Å². The average molecular weight is 379 g/mol. The number of aromatic nitrogens is 2. The van der Waals surface area contributed by atoms with Crippen molar-refractivity contribution >= 4 is 17.0 Å². The fraction of sp³-hybridized carbons (Fsp3) is 0.364. The maximum absolute atomic E-state index is 11.5. The number of hydrogen-bond donors (Lipinski definition) is 2. The number of ether oxygens (including phenoxy) is 1. The summed E-state index contributed by atoms with van der Waals surface area (Å²) in [5, 5.41) is 10.0. The van der Waals surface area contributed by atoms with E-state index >= 15 is 0 Å². The summed E-state index contributed by atoms with van der Waals surface area (Å²) < 4.78 is 5.53. The Bertz CT molecular complexity index is 1000. The molecule has 2 N–H and O–H groups in total. The van der Waals surface area contributed by atoms with Crippen molar-refractivity contribution in [3.05, 3.63) is 53.3 Å². The molecule has 1 aromatic carbocycles. The Hall–Kier alpha value is -2.70. The van der Waals surface area contributed by atoms with Gasteiger partial charge >= 0.3 is 5.97 Å². The van der Waals surface area contributed by atoms with Gasteiger partial charge in [-0.05, 0) is 61.7 Å². The van der Waals surface area contributed by atoms with E-state index in [1.165, 1.54) is 17.3 Å². The minimum atomic E-state index is -0.951. The number of carboxylic acid groups (broad SMARTS) is 1. The molecule has 1 fully saturated rings. The summed E-state index contributed by atoms with van der Waals surface area (Å²) in [4.78, 5) is 21.0. The van der Waals surface area contributed by atoms with E-state index in [1.807, 2.05) is 6.07 Å². The van der Waals surface area contributed by atoms with Gasteiger partial charge in [-0.2, -0.15) is 0 Å². The van der Waals surface area contributed by atoms with Crippen molar-refractivity contribution in [2.24, 2.45) is 0 Å². The van der Waals surface area contributed by atoms with Crippen LogP contribution in [0.3, 0.4) is 0 Å². The molecule has 4 rings (SSSR count). The highest BCUT2D eigenvalue weighted by Gasteiger charge is 2.20. The summed E-state index contributed by atoms with van der Waals surface area (Å²) in [5.74, 6) is -0.421. The second-order valence-electron chi connectivity index (χ2n) is 7.67. The molecule has 3 aromatic rings. The lowest BCUT2D eigenvalue weighted by molar-refractivity contribution is 0.0699. The van der Waals surface area contributed by atoms with Crippen molar-refractivity contribution in [3.8, 4) is 11.1 Å². The maximum Gasteiger partial charge on any atom is 0.337 e. The number of carboxylic acids is 1. The standard InChI is InChI=1S/C22H25N3O3/c1-25(2)13-17-9-15(3-4-18(17)14-5-7-28-8-6-14)16-10-19-20(22(26)27)12-24-21(19)23-11-16/h3-4,9-12,14H,5-8,13H2,1-2H3,(H,23,24)(H,26,27). The second-order valence-corrected chi connectivity index (χ2v) is 7.67. The summed E-state index contributed by atoms with van der Waals surface area (Å²) in [7, 11) is 4.15. The first kappa shape index (κ1) is 18.7. The lowest BCUT2D eigenvalue weighted by Gasteiger charge is -2.26. The number of pyridine rings is 1. The van der Waals surface area contributed by atoms with E-state index in [0.717, 1.165) is 43.7 Å². The largest absolute Gasteiger partial charge is 0.478 e. The van der Waals surface area contributed by atoms with Gasteiger partial charge in [0.15, 0.2) is 0 Å². The number of benzene rings is 1. The zero-order valence-electron chi connectivity index (χ0n) is 16.2. The van der Waals surface area contributed by atoms with Crippen LogP contribution in [0.4, 0.5) is 0 Å². The lowest BCUT2D eigenvalue weighted by Crippen LogP contribution is -2.18. The third-order valence-electron chi connectivity index (χ3n) is 5.39. The Balaban J connectivity index is 1.76. The van der Waals surface area contributed by atoms with Gasteiger partial charge in [-0.25, -0.2) is 9.78 Å². The molecule has 6 heteroatoms. The van der Waals surface area contributed by atoms with Crippen molar-refractivity contribution in [2.45, 2.75) is 25.3 Å². The predicted molar refractivity (Wildman–Crippen MR) is 109 cm³/mol. The van der Waals surface area contributed by atoms with Crippen LogP contribution in [0, 0.1) is 0 Å². The number of aromatic carboxylic acids is 1. The maximum atomic E-state index is 11.5. The molecule has 0 amide bonds. The molecule has 146 valence electrons. The molecule has 0 aliphatic carbocycles. The zero-order valence-corrected chi connectivity index (χ0v) is 16.2. The fourth-order valence-electron chi connectivity index (χ4n) is 4.01. The van der Waals surface area contributed by atoms with E-state index in [4.69, 9.17) is 4.74 Å². The van der Waals surface area contributed by atoms with Gasteiger partial charge in [0, 0.05) is 43.1 Å². The SMILES string of the molecule is CN(C)Cc1cc(-c2cnc3[nH]cc(C(=O)O)c3c2)ccc1C1CCOCC1. The molecule has 6 nitrogen and oxygen atoms in total. The second kappa shape index (κ2) is 7.73. The molecule has 1 aliphatic heterocycles. The van der Waals surface area contributed by atoms with Crippen molar-refractivity contribution in [2.75, 3.05) is 27.3 Å². The summed E-state index contributed by atoms with van der Waals surface area (Å²) in [6.07, 6.45) is 5.40. The topological polar surface area (TPSA) is 78.5 Å². The number of fused-ring (bicyclic) bond motifs is 1. The minimum Gasteiger partial charge on any atom is -0.478 e. The molecule has 1 saturated heterocycles. The zero-order chi connectivity index (χ0) is 19.7. The smallest absolute Gasteiger partial charge is 0.337 e. The fourth-order valence-corrected chi connectivity index (χ4v) is 4.01. The molecular formula is C22H25N3O3. The molecule has 0 saturated carbocycles. The molecule has 3 heterocycles. The van der Waals surface area contributed by atoms with Crippen molar-refractivity contribution in [1.29, 1.82) is 0 Å². The monoisotopic (exact) mass is 379 g/mol. The first-order valence-electron chi connectivity index (χ1n) is 9.59. The molecular weight excluding hydrogens is 354 g/mol. The van der Waals surface area contributed by atoms with Gasteiger partial charge < -0.3 is 19.7 Å². The highest BCUT2D eigenvalue weighted by molar-refractivity contribution is 6.03. The van der Waals surface area contributed by atoms with E-state index in [9.17, 15) is 9.90 Å². The van der Waals surface area contributed by atoms with E-state index < -0.39 is 5.97 Å². The van der Waals surface area contributed by atoms with E-state index in [0.29, 0.717) is 17.0 Å². The molecule has 0 spiro atoms. The van der Waals surface area contributed by atoms with Crippen LogP contribution < -0.4 is 0 Å². The molecule has 0 atom stereocenters. The van der Waals surface area contributed by atoms with Crippen LogP contribution in [-0.4, -0.2) is 53.3 Å². The van der Waals surface area contributed by atoms with Crippen LogP contribution in [0.15, 0.2) is 36.7 Å². The minimum absolute atomic E-state index is 0.247. The van der Waals surface area contributed by atoms with Crippen LogP contribution in [0.5, 0.6) is 0 Å². The third-order valence-corrected chi connectivity index (χ3v) is 5.39. The van der Waals surface area contributed by atoms with Crippen molar-refractivity contribution in [3.63, 3.8) is 0 Å². The summed E-state index contributed by atoms with van der Waals surface area (Å²) in [6, 6.07) is 8.48. The van der Waals surface area contributed by atoms with Crippen molar-refractivity contribution in [1.82, 2.24) is 14.9 Å². The quantitative estimate of drug-likeness (QED) is 0.703. The van der Waals surface area contributed by atoms with Gasteiger partial charge in [0.2, 0.25) is 0 Å². The van der Waals surface area contributed by atoms with E-state index in [-0.39, 0.29) is 5.56 Å². The summed E-state index contributed by atoms with van der Waals surface area (Å²) in [6.45, 7) is 2.50. The van der Waals surface area contributed by atoms with Crippen LogP contribution in [0.1, 0.15) is 40.2 Å². The van der Waals surface area contributed by atoms with Crippen LogP contribution >= 0.6 is 0 Å². The normalized spacial score (nSPS) is 15.4. The predicted octanol–water partition coefficient (Wildman–Crippen LogP) is 3.88. The molecule has 0 bridgehead atoms. The van der Waals surface area contributed by atoms with Crippen LogP contribution in [0.25, 0.3) is 22.2 Å². The number of nitrogens with one attached hydrogen (secondary N) is 1. The Morgan fingerprint density at radius 2 is 2.04 bits per heavy atom. The van der Waals surface area contributed by atoms with Crippen LogP contribution in [-0.2, 0) is 11.3 Å². The Morgan fingerprint density at radius 1 is 1.25 bits per heavy atom. The Labute approximate surface area is 164 Å². The van der Waals surface area contributed by atoms with E-state index in [1.54, 1.807) is 6.20 Å². The number of nitrogens with zero attached hydrogens (tertiary/aromatic N) is 2. The third kappa shape index (κ3) is 3.66. The number of aromatic amines is 1. The van der Waals surface area contributed by atoms with Crippen LogP contribution in [0.2, 0.25) is 0 Å². The van der Waals surface area contributed by atoms with Gasteiger partial charge in [-0.1, -0.05) is 12.1 Å². The van der Waals surface area contributed by atoms with Gasteiger partial charge in [-0.15, -0.1) is 0 Å². The van der Waals surface area contributed by atoms with Crippen molar-refractivity contribution < 1.29 is 14.6 Å². The van der Waals surface area contributed by atoms with Gasteiger partial charge in [0.25, 0.3) is 0 Å². The Morgan fingerprint density at radius 3 is 2.75 bits per heavy atom. The number of rotatable bonds is 5.